The number of hydrogen-bond acceptors (Lipinski definition) is 4. The Balaban J connectivity index is 1.28. The molecule has 1 amide bonds. The number of hydrazone groups is 1. The summed E-state index contributed by atoms with van der Waals surface area (Å²) in [5.41, 5.74) is 5.05. The number of aliphatic hydroxyl groups is 1. The van der Waals surface area contributed by atoms with Gasteiger partial charge >= 0.3 is 0 Å². The highest BCUT2D eigenvalue weighted by molar-refractivity contribution is 5.95. The number of pyridine rings is 1. The van der Waals surface area contributed by atoms with Crippen LogP contribution in [0.5, 0.6) is 0 Å². The fourth-order valence-electron chi connectivity index (χ4n) is 7.83. The molecule has 0 aromatic carbocycles. The van der Waals surface area contributed by atoms with Crippen LogP contribution in [-0.2, 0) is 0 Å². The van der Waals surface area contributed by atoms with Crippen molar-refractivity contribution >= 4 is 11.6 Å². The van der Waals surface area contributed by atoms with E-state index in [-0.39, 0.29) is 17.4 Å². The second-order valence-electron chi connectivity index (χ2n) is 10.9. The molecule has 4 aliphatic rings. The van der Waals surface area contributed by atoms with Crippen LogP contribution in [0.4, 0.5) is 0 Å². The molecule has 5 rings (SSSR count). The maximum Gasteiger partial charge on any atom is 0.271 e. The molecule has 1 aromatic rings. The molecule has 0 bridgehead atoms. The normalized spacial score (nSPS) is 44.1. The SMILES string of the molecule is C[C@]12CC/C(=N\NC(=O)c3ccncc3)C[C@@H]1CC[C@@H]1[C@@H]2CC[C@]2(C)[C@@H](O)CC[C@@H]12. The van der Waals surface area contributed by atoms with Gasteiger partial charge in [-0.25, -0.2) is 5.43 Å². The Bertz CT molecular complexity index is 840. The predicted octanol–water partition coefficient (Wildman–Crippen LogP) is 4.57. The van der Waals surface area contributed by atoms with Gasteiger partial charge in [-0.05, 0) is 104 Å². The van der Waals surface area contributed by atoms with Crippen LogP contribution in [0.2, 0.25) is 0 Å². The summed E-state index contributed by atoms with van der Waals surface area (Å²) in [6.45, 7) is 4.89. The lowest BCUT2D eigenvalue weighted by molar-refractivity contribution is -0.112. The van der Waals surface area contributed by atoms with Crippen LogP contribution in [0.15, 0.2) is 29.6 Å². The summed E-state index contributed by atoms with van der Waals surface area (Å²) >= 11 is 0. The number of fused-ring (bicyclic) bond motifs is 5. The van der Waals surface area contributed by atoms with Crippen molar-refractivity contribution in [2.45, 2.75) is 77.7 Å². The van der Waals surface area contributed by atoms with Crippen molar-refractivity contribution in [1.82, 2.24) is 10.4 Å². The number of aromatic nitrogens is 1. The van der Waals surface area contributed by atoms with Gasteiger partial charge < -0.3 is 5.11 Å². The first-order valence-corrected chi connectivity index (χ1v) is 11.9. The summed E-state index contributed by atoms with van der Waals surface area (Å²) in [7, 11) is 0. The van der Waals surface area contributed by atoms with Crippen molar-refractivity contribution in [3.63, 3.8) is 0 Å². The molecule has 1 aromatic heterocycles. The third kappa shape index (κ3) is 3.12. The van der Waals surface area contributed by atoms with Gasteiger partial charge in [0, 0.05) is 23.7 Å². The van der Waals surface area contributed by atoms with Crippen LogP contribution >= 0.6 is 0 Å². The maximum atomic E-state index is 12.3. The topological polar surface area (TPSA) is 74.6 Å². The summed E-state index contributed by atoms with van der Waals surface area (Å²) in [5, 5.41) is 15.2. The zero-order valence-electron chi connectivity index (χ0n) is 18.3. The summed E-state index contributed by atoms with van der Waals surface area (Å²) in [4.78, 5) is 16.3. The van der Waals surface area contributed by atoms with Crippen molar-refractivity contribution in [2.75, 3.05) is 0 Å². The zero-order chi connectivity index (χ0) is 20.9. The zero-order valence-corrected chi connectivity index (χ0v) is 18.3. The first kappa shape index (κ1) is 20.2. The van der Waals surface area contributed by atoms with E-state index in [2.05, 4.69) is 29.4 Å². The Morgan fingerprint density at radius 2 is 1.83 bits per heavy atom. The van der Waals surface area contributed by atoms with Crippen LogP contribution in [0.25, 0.3) is 0 Å². The minimum atomic E-state index is -0.159. The van der Waals surface area contributed by atoms with E-state index in [0.717, 1.165) is 36.8 Å². The summed E-state index contributed by atoms with van der Waals surface area (Å²) < 4.78 is 0. The third-order valence-corrected chi connectivity index (χ3v) is 9.71. The highest BCUT2D eigenvalue weighted by Gasteiger charge is 2.59. The van der Waals surface area contributed by atoms with Crippen LogP contribution in [0.3, 0.4) is 0 Å². The molecule has 7 atom stereocenters. The minimum absolute atomic E-state index is 0.0944. The minimum Gasteiger partial charge on any atom is -0.393 e. The molecule has 0 unspecified atom stereocenters. The largest absolute Gasteiger partial charge is 0.393 e. The van der Waals surface area contributed by atoms with Crippen LogP contribution < -0.4 is 5.43 Å². The number of hydrogen-bond donors (Lipinski definition) is 2. The Morgan fingerprint density at radius 1 is 1.07 bits per heavy atom. The van der Waals surface area contributed by atoms with Gasteiger partial charge in [-0.2, -0.15) is 5.10 Å². The molecular formula is C25H35N3O2. The molecule has 0 radical (unpaired) electrons. The molecule has 0 spiro atoms. The van der Waals surface area contributed by atoms with E-state index in [9.17, 15) is 9.90 Å². The van der Waals surface area contributed by atoms with Gasteiger partial charge in [-0.3, -0.25) is 9.78 Å². The van der Waals surface area contributed by atoms with E-state index in [4.69, 9.17) is 0 Å². The predicted molar refractivity (Wildman–Crippen MR) is 117 cm³/mol. The number of amides is 1. The number of rotatable bonds is 2. The second-order valence-corrected chi connectivity index (χ2v) is 10.9. The lowest BCUT2D eigenvalue weighted by Crippen LogP contribution is -2.54. The monoisotopic (exact) mass is 409 g/mol. The number of carbonyl (C=O) groups is 1. The molecule has 5 heteroatoms. The van der Waals surface area contributed by atoms with E-state index in [1.54, 1.807) is 24.5 Å². The number of carbonyl (C=O) groups excluding carboxylic acids is 1. The van der Waals surface area contributed by atoms with Gasteiger partial charge in [-0.15, -0.1) is 0 Å². The van der Waals surface area contributed by atoms with Crippen molar-refractivity contribution in [3.05, 3.63) is 30.1 Å². The van der Waals surface area contributed by atoms with E-state index in [1.165, 1.54) is 38.5 Å². The summed E-state index contributed by atoms with van der Waals surface area (Å²) in [5.74, 6) is 2.78. The first-order chi connectivity index (χ1) is 14.4. The standard InChI is InChI=1S/C25H35N3O2/c1-24-11-7-18(27-28-23(30)16-9-13-26-14-10-16)15-17(24)3-4-19-20-5-6-22(29)25(20,2)12-8-21(19)24/h9-10,13-14,17,19-22,29H,3-8,11-12,15H2,1-2H3,(H,28,30)/b27-18+/t17-,19-,20-,21-,22-,24-,25-/m0/s1. The Kier molecular flexibility index (Phi) is 5.00. The molecule has 4 aliphatic carbocycles. The molecule has 5 nitrogen and oxygen atoms in total. The molecule has 1 heterocycles. The Morgan fingerprint density at radius 3 is 2.63 bits per heavy atom. The number of nitrogens with zero attached hydrogens (tertiary/aromatic N) is 2. The van der Waals surface area contributed by atoms with Crippen molar-refractivity contribution in [1.29, 1.82) is 0 Å². The highest BCUT2D eigenvalue weighted by atomic mass is 16.3. The van der Waals surface area contributed by atoms with Crippen LogP contribution in [0.1, 0.15) is 82.0 Å². The lowest BCUT2D eigenvalue weighted by atomic mass is 9.45. The molecule has 162 valence electrons. The van der Waals surface area contributed by atoms with Gasteiger partial charge in [0.15, 0.2) is 0 Å². The fraction of sp³-hybridized carbons (Fsp3) is 0.720. The van der Waals surface area contributed by atoms with Crippen molar-refractivity contribution < 1.29 is 9.90 Å². The number of nitrogens with one attached hydrogen (secondary N) is 1. The van der Waals surface area contributed by atoms with Crippen LogP contribution in [-0.4, -0.2) is 27.8 Å². The third-order valence-electron chi connectivity index (χ3n) is 9.71. The van der Waals surface area contributed by atoms with E-state index >= 15 is 0 Å². The first-order valence-electron chi connectivity index (χ1n) is 11.9. The molecular weight excluding hydrogens is 374 g/mol. The van der Waals surface area contributed by atoms with Gasteiger partial charge in [0.25, 0.3) is 5.91 Å². The molecule has 4 saturated carbocycles. The average molecular weight is 410 g/mol. The maximum absolute atomic E-state index is 12.3. The summed E-state index contributed by atoms with van der Waals surface area (Å²) in [6.07, 6.45) is 13.6. The van der Waals surface area contributed by atoms with Gasteiger partial charge in [0.05, 0.1) is 6.10 Å². The van der Waals surface area contributed by atoms with Crippen molar-refractivity contribution in [3.8, 4) is 0 Å². The van der Waals surface area contributed by atoms with Gasteiger partial charge in [-0.1, -0.05) is 13.8 Å². The van der Waals surface area contributed by atoms with E-state index in [1.807, 2.05) is 0 Å². The molecule has 30 heavy (non-hydrogen) atoms. The Labute approximate surface area is 179 Å². The van der Waals surface area contributed by atoms with E-state index < -0.39 is 0 Å². The van der Waals surface area contributed by atoms with Crippen LogP contribution in [0, 0.1) is 34.5 Å². The second kappa shape index (κ2) is 7.44. The van der Waals surface area contributed by atoms with Gasteiger partial charge in [0.2, 0.25) is 0 Å². The van der Waals surface area contributed by atoms with Crippen molar-refractivity contribution in [2.24, 2.45) is 39.6 Å². The quantitative estimate of drug-likeness (QED) is 0.703. The molecule has 4 fully saturated rings. The lowest BCUT2D eigenvalue weighted by Gasteiger charge is -2.60. The highest BCUT2D eigenvalue weighted by Crippen LogP contribution is 2.65. The number of aliphatic hydroxyl groups excluding tert-OH is 1. The Hall–Kier alpha value is -1.75. The fourth-order valence-corrected chi connectivity index (χ4v) is 7.83. The molecule has 2 N–H and O–H groups in total. The molecule has 0 saturated heterocycles. The van der Waals surface area contributed by atoms with E-state index in [0.29, 0.717) is 22.8 Å². The van der Waals surface area contributed by atoms with Gasteiger partial charge in [0.1, 0.15) is 0 Å². The average Bonchev–Trinajstić information content (AvgIpc) is 3.07. The molecule has 0 aliphatic heterocycles. The summed E-state index contributed by atoms with van der Waals surface area (Å²) in [6, 6.07) is 3.43. The smallest absolute Gasteiger partial charge is 0.271 e.